The molecule has 1 amide bonds. The Hall–Kier alpha value is -2.81. The molecule has 3 heterocycles. The zero-order valence-corrected chi connectivity index (χ0v) is 19.3. The number of ether oxygens (including phenoxy) is 2. The van der Waals surface area contributed by atoms with Crippen molar-refractivity contribution in [2.45, 2.75) is 45.4 Å². The van der Waals surface area contributed by atoms with Gasteiger partial charge in [-0.1, -0.05) is 11.6 Å². The number of rotatable bonds is 5. The van der Waals surface area contributed by atoms with E-state index < -0.39 is 0 Å². The van der Waals surface area contributed by atoms with E-state index in [1.807, 2.05) is 23.7 Å². The molecule has 0 spiro atoms. The number of benzene rings is 1. The first-order valence-electron chi connectivity index (χ1n) is 11.2. The van der Waals surface area contributed by atoms with Crippen LogP contribution in [0.15, 0.2) is 30.7 Å². The van der Waals surface area contributed by atoms with Crippen molar-refractivity contribution in [3.05, 3.63) is 63.8 Å². The lowest BCUT2D eigenvalue weighted by Gasteiger charge is -2.22. The smallest absolute Gasteiger partial charge is 0.251 e. The van der Waals surface area contributed by atoms with Crippen molar-refractivity contribution < 1.29 is 14.3 Å². The minimum absolute atomic E-state index is 0.0264. The van der Waals surface area contributed by atoms with Crippen molar-refractivity contribution in [1.29, 1.82) is 0 Å². The number of carbonyl (C=O) groups excluding carboxylic acids is 1. The van der Waals surface area contributed by atoms with Gasteiger partial charge in [0, 0.05) is 29.7 Å². The van der Waals surface area contributed by atoms with Gasteiger partial charge in [0.15, 0.2) is 0 Å². The standard InChI is InChI=1S/C24H26ClN5O3/c1-15-7-18(24(31)28-11-21-26-9-19(25)10-27-21)8-16-3-2-4-17-12-30(29-23(17)22(15)16)13-20-14-32-5-6-33-20/h7-10,12,20H,2-6,11,13-14H2,1H3,(H,28,31)/t20-/m0/s1. The molecule has 0 radical (unpaired) electrons. The first kappa shape index (κ1) is 22.0. The van der Waals surface area contributed by atoms with Crippen LogP contribution in [0.1, 0.15) is 39.3 Å². The average Bonchev–Trinajstić information content (AvgIpc) is 3.12. The Morgan fingerprint density at radius 3 is 2.82 bits per heavy atom. The molecule has 1 N–H and O–H groups in total. The highest BCUT2D eigenvalue weighted by atomic mass is 35.5. The van der Waals surface area contributed by atoms with Gasteiger partial charge in [0.2, 0.25) is 0 Å². The maximum atomic E-state index is 12.8. The molecule has 2 aliphatic rings. The van der Waals surface area contributed by atoms with E-state index in [0.29, 0.717) is 42.8 Å². The summed E-state index contributed by atoms with van der Waals surface area (Å²) in [6.07, 6.45) is 8.08. The number of hydrogen-bond donors (Lipinski definition) is 1. The maximum absolute atomic E-state index is 12.8. The number of amides is 1. The Bertz CT molecular complexity index is 1160. The van der Waals surface area contributed by atoms with Crippen molar-refractivity contribution in [3.8, 4) is 11.3 Å². The summed E-state index contributed by atoms with van der Waals surface area (Å²) in [5, 5.41) is 8.28. The Labute approximate surface area is 197 Å². The van der Waals surface area contributed by atoms with Crippen LogP contribution in [0.5, 0.6) is 0 Å². The molecule has 1 saturated heterocycles. The second-order valence-electron chi connectivity index (χ2n) is 8.47. The fraction of sp³-hybridized carbons (Fsp3) is 0.417. The lowest BCUT2D eigenvalue weighted by atomic mass is 9.94. The molecule has 8 nitrogen and oxygen atoms in total. The van der Waals surface area contributed by atoms with Crippen molar-refractivity contribution >= 4 is 17.5 Å². The van der Waals surface area contributed by atoms with Crippen LogP contribution < -0.4 is 5.32 Å². The molecule has 33 heavy (non-hydrogen) atoms. The van der Waals surface area contributed by atoms with Crippen LogP contribution in [0.4, 0.5) is 0 Å². The lowest BCUT2D eigenvalue weighted by Crippen LogP contribution is -2.32. The summed E-state index contributed by atoms with van der Waals surface area (Å²) >= 11 is 5.82. The van der Waals surface area contributed by atoms with Crippen molar-refractivity contribution in [2.24, 2.45) is 0 Å². The molecule has 9 heteroatoms. The molecule has 172 valence electrons. The second-order valence-corrected chi connectivity index (χ2v) is 8.91. The third-order valence-electron chi connectivity index (χ3n) is 6.00. The first-order valence-corrected chi connectivity index (χ1v) is 11.6. The molecule has 3 aromatic rings. The summed E-state index contributed by atoms with van der Waals surface area (Å²) in [5.74, 6) is 0.366. The fourth-order valence-electron chi connectivity index (χ4n) is 4.49. The van der Waals surface area contributed by atoms with Gasteiger partial charge in [-0.15, -0.1) is 0 Å². The second kappa shape index (κ2) is 9.59. The molecular formula is C24H26ClN5O3. The van der Waals surface area contributed by atoms with Gasteiger partial charge in [-0.25, -0.2) is 9.97 Å². The summed E-state index contributed by atoms with van der Waals surface area (Å²) in [6.45, 7) is 4.84. The minimum atomic E-state index is -0.149. The van der Waals surface area contributed by atoms with Gasteiger partial charge in [-0.2, -0.15) is 5.10 Å². The Balaban J connectivity index is 1.36. The average molecular weight is 468 g/mol. The summed E-state index contributed by atoms with van der Waals surface area (Å²) in [6, 6.07) is 3.93. The molecule has 1 aliphatic heterocycles. The molecule has 0 unspecified atom stereocenters. The summed E-state index contributed by atoms with van der Waals surface area (Å²) in [4.78, 5) is 21.1. The SMILES string of the molecule is Cc1cc(C(=O)NCc2ncc(Cl)cn2)cc2c1-c1nn(C[C@H]3COCCO3)cc1CCC2. The van der Waals surface area contributed by atoms with E-state index in [1.165, 1.54) is 18.0 Å². The number of aromatic nitrogens is 4. The Kier molecular flexibility index (Phi) is 6.39. The third kappa shape index (κ3) is 4.93. The molecule has 1 aliphatic carbocycles. The van der Waals surface area contributed by atoms with E-state index >= 15 is 0 Å². The maximum Gasteiger partial charge on any atom is 0.251 e. The van der Waals surface area contributed by atoms with E-state index in [4.69, 9.17) is 26.2 Å². The van der Waals surface area contributed by atoms with E-state index in [9.17, 15) is 4.79 Å². The van der Waals surface area contributed by atoms with Crippen molar-refractivity contribution in [2.75, 3.05) is 19.8 Å². The van der Waals surface area contributed by atoms with Crippen LogP contribution in [-0.4, -0.2) is 51.6 Å². The normalized spacial score (nSPS) is 17.7. The Morgan fingerprint density at radius 2 is 2.03 bits per heavy atom. The summed E-state index contributed by atoms with van der Waals surface area (Å²) in [5.41, 5.74) is 6.23. The number of nitrogens with one attached hydrogen (secondary N) is 1. The van der Waals surface area contributed by atoms with Gasteiger partial charge in [-0.3, -0.25) is 9.48 Å². The van der Waals surface area contributed by atoms with Gasteiger partial charge >= 0.3 is 0 Å². The molecule has 2 aromatic heterocycles. The number of aryl methyl sites for hydroxylation is 3. The largest absolute Gasteiger partial charge is 0.376 e. The lowest BCUT2D eigenvalue weighted by molar-refractivity contribution is -0.0946. The van der Waals surface area contributed by atoms with E-state index in [0.717, 1.165) is 41.6 Å². The van der Waals surface area contributed by atoms with E-state index in [-0.39, 0.29) is 18.6 Å². The number of carbonyl (C=O) groups is 1. The van der Waals surface area contributed by atoms with Crippen LogP contribution in [-0.2, 0) is 35.4 Å². The molecule has 0 bridgehead atoms. The van der Waals surface area contributed by atoms with Gasteiger partial charge in [0.25, 0.3) is 5.91 Å². The van der Waals surface area contributed by atoms with Crippen LogP contribution in [0.25, 0.3) is 11.3 Å². The topological polar surface area (TPSA) is 91.2 Å². The van der Waals surface area contributed by atoms with Gasteiger partial charge < -0.3 is 14.8 Å². The monoisotopic (exact) mass is 467 g/mol. The van der Waals surface area contributed by atoms with E-state index in [1.54, 1.807) is 0 Å². The molecule has 0 saturated carbocycles. The highest BCUT2D eigenvalue weighted by molar-refractivity contribution is 6.30. The number of hydrogen-bond acceptors (Lipinski definition) is 6. The van der Waals surface area contributed by atoms with Gasteiger partial charge in [0.05, 0.1) is 43.6 Å². The first-order chi connectivity index (χ1) is 16.1. The number of fused-ring (bicyclic) bond motifs is 3. The van der Waals surface area contributed by atoms with Crippen LogP contribution in [0.2, 0.25) is 5.02 Å². The zero-order valence-electron chi connectivity index (χ0n) is 18.5. The molecule has 1 fully saturated rings. The molecule has 1 aromatic carbocycles. The number of nitrogens with zero attached hydrogens (tertiary/aromatic N) is 4. The third-order valence-corrected chi connectivity index (χ3v) is 6.20. The predicted molar refractivity (Wildman–Crippen MR) is 123 cm³/mol. The highest BCUT2D eigenvalue weighted by Gasteiger charge is 2.23. The molecule has 5 rings (SSSR count). The van der Waals surface area contributed by atoms with Crippen LogP contribution in [0.3, 0.4) is 0 Å². The number of halogens is 1. The van der Waals surface area contributed by atoms with E-state index in [2.05, 4.69) is 21.5 Å². The minimum Gasteiger partial charge on any atom is -0.376 e. The molecular weight excluding hydrogens is 442 g/mol. The zero-order chi connectivity index (χ0) is 22.8. The molecule has 1 atom stereocenters. The fourth-order valence-corrected chi connectivity index (χ4v) is 4.59. The van der Waals surface area contributed by atoms with Gasteiger partial charge in [-0.05, 0) is 55.0 Å². The van der Waals surface area contributed by atoms with Crippen molar-refractivity contribution in [1.82, 2.24) is 25.1 Å². The van der Waals surface area contributed by atoms with Gasteiger partial charge in [0.1, 0.15) is 11.9 Å². The summed E-state index contributed by atoms with van der Waals surface area (Å²) in [7, 11) is 0. The summed E-state index contributed by atoms with van der Waals surface area (Å²) < 4.78 is 13.3. The van der Waals surface area contributed by atoms with Crippen molar-refractivity contribution in [3.63, 3.8) is 0 Å². The Morgan fingerprint density at radius 1 is 1.21 bits per heavy atom. The van der Waals surface area contributed by atoms with Crippen LogP contribution >= 0.6 is 11.6 Å². The van der Waals surface area contributed by atoms with Crippen LogP contribution in [0, 0.1) is 6.92 Å². The highest BCUT2D eigenvalue weighted by Crippen LogP contribution is 2.35. The quantitative estimate of drug-likeness (QED) is 0.620. The predicted octanol–water partition coefficient (Wildman–Crippen LogP) is 3.14.